The summed E-state index contributed by atoms with van der Waals surface area (Å²) in [5.74, 6) is 0. The number of hydrogen-bond acceptors (Lipinski definition) is 1. The highest BCUT2D eigenvalue weighted by Gasteiger charge is 1.78. The van der Waals surface area contributed by atoms with Crippen LogP contribution in [-0.4, -0.2) is 11.7 Å². The first-order valence-corrected chi connectivity index (χ1v) is 2.10. The predicted octanol–water partition coefficient (Wildman–Crippen LogP) is 1.12. The fraction of sp³-hybridized carbons (Fsp3) is 0.500. The summed E-state index contributed by atoms with van der Waals surface area (Å²) < 4.78 is 0. The molecule has 0 heterocycles. The van der Waals surface area contributed by atoms with Crippen molar-refractivity contribution in [3.8, 4) is 0 Å². The van der Waals surface area contributed by atoms with Gasteiger partial charge in [0.05, 0.1) is 6.61 Å². The first-order valence-electron chi connectivity index (χ1n) is 1.72. The Bertz CT molecular complexity index is 58.6. The van der Waals surface area contributed by atoms with Crippen molar-refractivity contribution in [3.63, 3.8) is 0 Å². The number of rotatable bonds is 1. The third kappa shape index (κ3) is 2.24. The average molecular weight is 107 g/mol. The van der Waals surface area contributed by atoms with Crippen LogP contribution in [0.15, 0.2) is 11.1 Å². The smallest absolute Gasteiger partial charge is 0.0784 e. The molecule has 1 nitrogen and oxygen atoms in total. The largest absolute Gasteiger partial charge is 0.391 e. The van der Waals surface area contributed by atoms with Crippen LogP contribution >= 0.6 is 11.6 Å². The van der Waals surface area contributed by atoms with Crippen LogP contribution in [0.5, 0.6) is 0 Å². The molecule has 0 aliphatic carbocycles. The van der Waals surface area contributed by atoms with E-state index in [0.717, 1.165) is 0 Å². The molecule has 0 atom stereocenters. The molecule has 0 amide bonds. The van der Waals surface area contributed by atoms with E-state index < -0.39 is 0 Å². The lowest BCUT2D eigenvalue weighted by Gasteiger charge is -1.81. The molecule has 0 aromatic carbocycles. The number of allylic oxidation sites excluding steroid dienone is 1. The van der Waals surface area contributed by atoms with Crippen molar-refractivity contribution in [2.24, 2.45) is 0 Å². The minimum absolute atomic E-state index is 0.0436. The van der Waals surface area contributed by atoms with Crippen molar-refractivity contribution in [1.29, 1.82) is 0 Å². The van der Waals surface area contributed by atoms with Crippen molar-refractivity contribution < 1.29 is 5.11 Å². The highest BCUT2D eigenvalue weighted by atomic mass is 35.5. The minimum Gasteiger partial charge on any atom is -0.391 e. The van der Waals surface area contributed by atoms with Gasteiger partial charge < -0.3 is 5.11 Å². The van der Waals surface area contributed by atoms with Gasteiger partial charge in [-0.1, -0.05) is 17.7 Å². The summed E-state index contributed by atoms with van der Waals surface area (Å²) in [7, 11) is 0. The second-order valence-corrected chi connectivity index (χ2v) is 1.38. The maximum absolute atomic E-state index is 8.13. The highest BCUT2D eigenvalue weighted by Crippen LogP contribution is 1.95. The van der Waals surface area contributed by atoms with Gasteiger partial charge in [-0.3, -0.25) is 0 Å². The molecule has 0 fully saturated rings. The lowest BCUT2D eigenvalue weighted by molar-refractivity contribution is 0.338. The summed E-state index contributed by atoms with van der Waals surface area (Å²) in [6.07, 6.45) is 1.65. The third-order valence-electron chi connectivity index (χ3n) is 0.464. The highest BCUT2D eigenvalue weighted by molar-refractivity contribution is 6.29. The summed E-state index contributed by atoms with van der Waals surface area (Å²) in [6, 6.07) is 0. The van der Waals surface area contributed by atoms with E-state index in [1.54, 1.807) is 13.0 Å². The van der Waals surface area contributed by atoms with E-state index in [2.05, 4.69) is 0 Å². The predicted molar refractivity (Wildman–Crippen MR) is 26.7 cm³/mol. The van der Waals surface area contributed by atoms with E-state index in [9.17, 15) is 0 Å². The molecular formula is C4H7ClO. The molecule has 0 aromatic heterocycles. The Morgan fingerprint density at radius 3 is 2.50 bits per heavy atom. The Balaban J connectivity index is 3.22. The normalized spacial score (nSPS) is 12.2. The van der Waals surface area contributed by atoms with Crippen molar-refractivity contribution in [1.82, 2.24) is 0 Å². The monoisotopic (exact) mass is 106 g/mol. The van der Waals surface area contributed by atoms with Crippen molar-refractivity contribution in [2.75, 3.05) is 6.61 Å². The van der Waals surface area contributed by atoms with Gasteiger partial charge in [-0.25, -0.2) is 0 Å². The van der Waals surface area contributed by atoms with Gasteiger partial charge in [-0.05, 0) is 6.92 Å². The molecule has 0 saturated carbocycles. The lowest BCUT2D eigenvalue weighted by Crippen LogP contribution is -1.76. The van der Waals surface area contributed by atoms with Crippen LogP contribution in [0.4, 0.5) is 0 Å². The topological polar surface area (TPSA) is 20.2 Å². The second-order valence-electron chi connectivity index (χ2n) is 0.894. The Morgan fingerprint density at radius 1 is 2.00 bits per heavy atom. The Kier molecular flexibility index (Phi) is 3.19. The average Bonchev–Trinajstić information content (AvgIpc) is 1.65. The van der Waals surface area contributed by atoms with Gasteiger partial charge in [-0.2, -0.15) is 0 Å². The number of aliphatic hydroxyl groups is 1. The number of halogens is 1. The first kappa shape index (κ1) is 5.99. The van der Waals surface area contributed by atoms with Gasteiger partial charge >= 0.3 is 0 Å². The molecule has 0 unspecified atom stereocenters. The fourth-order valence-electron chi connectivity index (χ4n) is 0.0913. The summed E-state index contributed by atoms with van der Waals surface area (Å²) in [6.45, 7) is 1.73. The summed E-state index contributed by atoms with van der Waals surface area (Å²) in [5.41, 5.74) is 0. The maximum Gasteiger partial charge on any atom is 0.0784 e. The summed E-state index contributed by atoms with van der Waals surface area (Å²) in [4.78, 5) is 0. The Hall–Kier alpha value is -0.0100. The van der Waals surface area contributed by atoms with Crippen LogP contribution < -0.4 is 0 Å². The van der Waals surface area contributed by atoms with Gasteiger partial charge in [0.2, 0.25) is 0 Å². The molecule has 2 heteroatoms. The van der Waals surface area contributed by atoms with Crippen molar-refractivity contribution >= 4 is 11.6 Å². The number of aliphatic hydroxyl groups excluding tert-OH is 1. The molecular weight excluding hydrogens is 99.5 g/mol. The van der Waals surface area contributed by atoms with Gasteiger partial charge in [0.25, 0.3) is 0 Å². The van der Waals surface area contributed by atoms with Gasteiger partial charge in [0.15, 0.2) is 0 Å². The molecule has 0 bridgehead atoms. The second kappa shape index (κ2) is 3.19. The zero-order chi connectivity index (χ0) is 4.99. The standard InChI is InChI=1S/C4H7ClO/c1-2-4(5)3-6/h2,6H,3H2,1H3/b4-2+. The molecule has 0 aliphatic rings. The van der Waals surface area contributed by atoms with Gasteiger partial charge in [0, 0.05) is 5.03 Å². The molecule has 0 saturated heterocycles. The van der Waals surface area contributed by atoms with Gasteiger partial charge in [0.1, 0.15) is 0 Å². The first-order chi connectivity index (χ1) is 2.81. The van der Waals surface area contributed by atoms with E-state index in [0.29, 0.717) is 5.03 Å². The zero-order valence-corrected chi connectivity index (χ0v) is 4.37. The Labute approximate surface area is 42.2 Å². The van der Waals surface area contributed by atoms with E-state index in [1.807, 2.05) is 0 Å². The summed E-state index contributed by atoms with van der Waals surface area (Å²) in [5, 5.41) is 8.63. The van der Waals surface area contributed by atoms with Crippen LogP contribution in [0.25, 0.3) is 0 Å². The quantitative estimate of drug-likeness (QED) is 0.531. The van der Waals surface area contributed by atoms with Crippen LogP contribution in [0.3, 0.4) is 0 Å². The summed E-state index contributed by atoms with van der Waals surface area (Å²) >= 11 is 5.26. The fourth-order valence-corrected chi connectivity index (χ4v) is 0.0913. The SMILES string of the molecule is C/C=C(/Cl)CO. The zero-order valence-electron chi connectivity index (χ0n) is 3.61. The van der Waals surface area contributed by atoms with E-state index >= 15 is 0 Å². The molecule has 0 radical (unpaired) electrons. The molecule has 1 N–H and O–H groups in total. The van der Waals surface area contributed by atoms with E-state index in [4.69, 9.17) is 16.7 Å². The van der Waals surface area contributed by atoms with E-state index in [-0.39, 0.29) is 6.61 Å². The van der Waals surface area contributed by atoms with Crippen molar-refractivity contribution in [2.45, 2.75) is 6.92 Å². The molecule has 0 aliphatic heterocycles. The molecule has 36 valence electrons. The van der Waals surface area contributed by atoms with Crippen molar-refractivity contribution in [3.05, 3.63) is 11.1 Å². The van der Waals surface area contributed by atoms with Crippen LogP contribution in [0, 0.1) is 0 Å². The van der Waals surface area contributed by atoms with Crippen LogP contribution in [0.1, 0.15) is 6.92 Å². The molecule has 0 spiro atoms. The molecule has 0 aromatic rings. The Morgan fingerprint density at radius 2 is 2.50 bits per heavy atom. The van der Waals surface area contributed by atoms with Gasteiger partial charge in [-0.15, -0.1) is 0 Å². The maximum atomic E-state index is 8.13. The van der Waals surface area contributed by atoms with Crippen LogP contribution in [-0.2, 0) is 0 Å². The lowest BCUT2D eigenvalue weighted by atomic mass is 10.5. The van der Waals surface area contributed by atoms with Crippen LogP contribution in [0.2, 0.25) is 0 Å². The van der Waals surface area contributed by atoms with E-state index in [1.165, 1.54) is 0 Å². The molecule has 0 rings (SSSR count). The minimum atomic E-state index is -0.0436. The molecule has 6 heavy (non-hydrogen) atoms. The number of hydrogen-bond donors (Lipinski definition) is 1. The third-order valence-corrected chi connectivity index (χ3v) is 0.802.